The Kier molecular flexibility index (Phi) is 6.23. The van der Waals surface area contributed by atoms with Crippen molar-refractivity contribution >= 4 is 22.0 Å². The molecule has 0 aromatic heterocycles. The summed E-state index contributed by atoms with van der Waals surface area (Å²) in [6.45, 7) is 3.21. The van der Waals surface area contributed by atoms with Crippen LogP contribution in [-0.2, 0) is 14.8 Å². The van der Waals surface area contributed by atoms with Gasteiger partial charge in [0.05, 0.1) is 5.75 Å². The van der Waals surface area contributed by atoms with E-state index in [2.05, 4.69) is 15.4 Å². The molecule has 2 fully saturated rings. The maximum Gasteiger partial charge on any atom is 0.317 e. The predicted molar refractivity (Wildman–Crippen MR) is 86.3 cm³/mol. The number of nitrogens with zero attached hydrogens (tertiary/aromatic N) is 1. The van der Waals surface area contributed by atoms with Gasteiger partial charge in [0.15, 0.2) is 0 Å². The third kappa shape index (κ3) is 5.98. The van der Waals surface area contributed by atoms with Gasteiger partial charge in [-0.15, -0.1) is 0 Å². The molecule has 1 aliphatic heterocycles. The number of urea groups is 1. The molecular weight excluding hydrogens is 320 g/mol. The molecule has 3 N–H and O–H groups in total. The molecule has 1 saturated carbocycles. The first-order valence-electron chi connectivity index (χ1n) is 8.22. The van der Waals surface area contributed by atoms with Gasteiger partial charge in [0.25, 0.3) is 0 Å². The van der Waals surface area contributed by atoms with Crippen LogP contribution in [0.3, 0.4) is 0 Å². The second-order valence-corrected chi connectivity index (χ2v) is 8.17. The number of carbonyl (C=O) groups excluding carboxylic acids is 2. The Labute approximate surface area is 137 Å². The second-order valence-electron chi connectivity index (χ2n) is 6.07. The van der Waals surface area contributed by atoms with Crippen molar-refractivity contribution in [3.8, 4) is 0 Å². The summed E-state index contributed by atoms with van der Waals surface area (Å²) in [5.74, 6) is -0.145. The Balaban J connectivity index is 1.62. The van der Waals surface area contributed by atoms with Crippen molar-refractivity contribution in [2.45, 2.75) is 38.6 Å². The summed E-state index contributed by atoms with van der Waals surface area (Å²) in [5, 5.41) is 5.70. The maximum absolute atomic E-state index is 12.0. The summed E-state index contributed by atoms with van der Waals surface area (Å²) in [4.78, 5) is 25.7. The van der Waals surface area contributed by atoms with Gasteiger partial charge < -0.3 is 15.5 Å². The van der Waals surface area contributed by atoms with Crippen molar-refractivity contribution in [2.24, 2.45) is 5.92 Å². The second kappa shape index (κ2) is 7.96. The van der Waals surface area contributed by atoms with Gasteiger partial charge in [-0.1, -0.05) is 0 Å². The van der Waals surface area contributed by atoms with E-state index >= 15 is 0 Å². The predicted octanol–water partition coefficient (Wildman–Crippen LogP) is -0.374. The van der Waals surface area contributed by atoms with E-state index in [-0.39, 0.29) is 36.7 Å². The van der Waals surface area contributed by atoms with Gasteiger partial charge in [0, 0.05) is 38.1 Å². The van der Waals surface area contributed by atoms with Crippen LogP contribution in [0, 0.1) is 5.92 Å². The molecule has 0 aromatic rings. The molecule has 23 heavy (non-hydrogen) atoms. The van der Waals surface area contributed by atoms with Crippen molar-refractivity contribution in [2.75, 3.05) is 31.9 Å². The first-order chi connectivity index (χ1) is 10.9. The third-order valence-corrected chi connectivity index (χ3v) is 5.59. The number of piperidine rings is 1. The first kappa shape index (κ1) is 18.0. The van der Waals surface area contributed by atoms with E-state index in [0.29, 0.717) is 32.0 Å². The highest BCUT2D eigenvalue weighted by atomic mass is 32.2. The first-order valence-corrected chi connectivity index (χ1v) is 9.87. The number of amides is 3. The van der Waals surface area contributed by atoms with Gasteiger partial charge in [-0.05, 0) is 32.6 Å². The van der Waals surface area contributed by atoms with E-state index in [0.717, 1.165) is 12.8 Å². The standard InChI is InChI=1S/C14H26N4O4S/c1-2-23(21,22)16-8-7-15-13(19)11-5-9-18(10-6-11)14(20)17-12-3-4-12/h11-12,16H,2-10H2,1H3,(H,15,19)(H,17,20). The molecule has 1 aliphatic carbocycles. The summed E-state index contributed by atoms with van der Waals surface area (Å²) in [6, 6.07) is 0.316. The quantitative estimate of drug-likeness (QED) is 0.546. The molecule has 0 bridgehead atoms. The summed E-state index contributed by atoms with van der Waals surface area (Å²) in [7, 11) is -3.22. The smallest absolute Gasteiger partial charge is 0.317 e. The van der Waals surface area contributed by atoms with Crippen molar-refractivity contribution < 1.29 is 18.0 Å². The average molecular weight is 346 g/mol. The average Bonchev–Trinajstić information content (AvgIpc) is 3.35. The van der Waals surface area contributed by atoms with Crippen LogP contribution in [0.2, 0.25) is 0 Å². The van der Waals surface area contributed by atoms with Crippen molar-refractivity contribution in [1.82, 2.24) is 20.3 Å². The van der Waals surface area contributed by atoms with E-state index in [9.17, 15) is 18.0 Å². The largest absolute Gasteiger partial charge is 0.355 e. The van der Waals surface area contributed by atoms with Crippen LogP contribution in [0.1, 0.15) is 32.6 Å². The lowest BCUT2D eigenvalue weighted by atomic mass is 9.96. The SMILES string of the molecule is CCS(=O)(=O)NCCNC(=O)C1CCN(C(=O)NC2CC2)CC1. The topological polar surface area (TPSA) is 108 Å². The molecule has 0 spiro atoms. The zero-order valence-electron chi connectivity index (χ0n) is 13.5. The number of carbonyl (C=O) groups is 2. The molecular formula is C14H26N4O4S. The molecule has 132 valence electrons. The number of hydrogen-bond donors (Lipinski definition) is 3. The van der Waals surface area contributed by atoms with Gasteiger partial charge in [0.2, 0.25) is 15.9 Å². The van der Waals surface area contributed by atoms with Crippen molar-refractivity contribution in [3.05, 3.63) is 0 Å². The molecule has 0 unspecified atom stereocenters. The van der Waals surface area contributed by atoms with Crippen molar-refractivity contribution in [1.29, 1.82) is 0 Å². The highest BCUT2D eigenvalue weighted by Crippen LogP contribution is 2.21. The molecule has 0 aromatic carbocycles. The number of sulfonamides is 1. The van der Waals surface area contributed by atoms with E-state index < -0.39 is 10.0 Å². The zero-order valence-corrected chi connectivity index (χ0v) is 14.3. The van der Waals surface area contributed by atoms with Gasteiger partial charge in [0.1, 0.15) is 0 Å². The van der Waals surface area contributed by atoms with E-state index in [1.165, 1.54) is 0 Å². The van der Waals surface area contributed by atoms with Crippen LogP contribution in [0.4, 0.5) is 4.79 Å². The number of rotatable bonds is 7. The summed E-state index contributed by atoms with van der Waals surface area (Å²) in [6.07, 6.45) is 3.41. The minimum atomic E-state index is -3.22. The summed E-state index contributed by atoms with van der Waals surface area (Å²) >= 11 is 0. The highest BCUT2D eigenvalue weighted by Gasteiger charge is 2.30. The van der Waals surface area contributed by atoms with Crippen LogP contribution in [-0.4, -0.2) is 63.2 Å². The minimum absolute atomic E-state index is 0.0275. The van der Waals surface area contributed by atoms with Crippen LogP contribution in [0.5, 0.6) is 0 Å². The summed E-state index contributed by atoms with van der Waals surface area (Å²) < 4.78 is 24.9. The van der Waals surface area contributed by atoms with Crippen LogP contribution >= 0.6 is 0 Å². The van der Waals surface area contributed by atoms with Gasteiger partial charge in [-0.25, -0.2) is 17.9 Å². The lowest BCUT2D eigenvalue weighted by molar-refractivity contribution is -0.126. The Morgan fingerprint density at radius 1 is 1.09 bits per heavy atom. The lowest BCUT2D eigenvalue weighted by Gasteiger charge is -2.31. The molecule has 0 radical (unpaired) electrons. The zero-order chi connectivity index (χ0) is 16.9. The molecule has 2 aliphatic rings. The van der Waals surface area contributed by atoms with E-state index in [1.54, 1.807) is 11.8 Å². The van der Waals surface area contributed by atoms with Crippen LogP contribution in [0.15, 0.2) is 0 Å². The normalized spacial score (nSPS) is 19.4. The fourth-order valence-corrected chi connectivity index (χ4v) is 3.09. The van der Waals surface area contributed by atoms with E-state index in [1.807, 2.05) is 0 Å². The molecule has 8 nitrogen and oxygen atoms in total. The minimum Gasteiger partial charge on any atom is -0.355 e. The molecule has 0 atom stereocenters. The molecule has 2 rings (SSSR count). The Morgan fingerprint density at radius 3 is 2.30 bits per heavy atom. The van der Waals surface area contributed by atoms with Gasteiger partial charge >= 0.3 is 6.03 Å². The molecule has 1 heterocycles. The number of hydrogen-bond acceptors (Lipinski definition) is 4. The fourth-order valence-electron chi connectivity index (χ4n) is 2.48. The van der Waals surface area contributed by atoms with Gasteiger partial charge in [-0.3, -0.25) is 4.79 Å². The Morgan fingerprint density at radius 2 is 1.74 bits per heavy atom. The Hall–Kier alpha value is -1.35. The molecule has 9 heteroatoms. The highest BCUT2D eigenvalue weighted by molar-refractivity contribution is 7.89. The Bertz CT molecular complexity index is 525. The molecule has 1 saturated heterocycles. The number of likely N-dealkylation sites (tertiary alicyclic amines) is 1. The van der Waals surface area contributed by atoms with Crippen LogP contribution < -0.4 is 15.4 Å². The lowest BCUT2D eigenvalue weighted by Crippen LogP contribution is -2.47. The molecule has 3 amide bonds. The van der Waals surface area contributed by atoms with Crippen molar-refractivity contribution in [3.63, 3.8) is 0 Å². The van der Waals surface area contributed by atoms with Crippen LogP contribution in [0.25, 0.3) is 0 Å². The van der Waals surface area contributed by atoms with E-state index in [4.69, 9.17) is 0 Å². The monoisotopic (exact) mass is 346 g/mol. The maximum atomic E-state index is 12.0. The fraction of sp³-hybridized carbons (Fsp3) is 0.857. The third-order valence-electron chi connectivity index (χ3n) is 4.18. The van der Waals surface area contributed by atoms with Gasteiger partial charge in [-0.2, -0.15) is 0 Å². The number of nitrogens with one attached hydrogen (secondary N) is 3. The summed E-state index contributed by atoms with van der Waals surface area (Å²) in [5.41, 5.74) is 0.